The van der Waals surface area contributed by atoms with E-state index < -0.39 is 5.41 Å². The van der Waals surface area contributed by atoms with E-state index in [0.717, 1.165) is 33.8 Å². The molecule has 316 valence electrons. The third-order valence-electron chi connectivity index (χ3n) is 15.1. The summed E-state index contributed by atoms with van der Waals surface area (Å²) in [4.78, 5) is 2.50. The molecule has 1 spiro atoms. The molecule has 0 amide bonds. The number of hydrogen-bond donors (Lipinski definition) is 0. The molecule has 2 aromatic heterocycles. The zero-order valence-corrected chi connectivity index (χ0v) is 37.0. The number of benzene rings is 11. The maximum atomic E-state index is 2.51. The van der Waals surface area contributed by atoms with Gasteiger partial charge in [-0.2, -0.15) is 0 Å². The number of nitrogens with zero attached hydrogens (tertiary/aromatic N) is 3. The lowest BCUT2D eigenvalue weighted by Gasteiger charge is -2.32. The molecule has 68 heavy (non-hydrogen) atoms. The van der Waals surface area contributed by atoms with Gasteiger partial charge in [0.25, 0.3) is 0 Å². The summed E-state index contributed by atoms with van der Waals surface area (Å²) in [7, 11) is 0. The first-order valence-corrected chi connectivity index (χ1v) is 23.6. The van der Waals surface area contributed by atoms with Gasteiger partial charge in [0.1, 0.15) is 0 Å². The standard InChI is InChI=1S/C65H41N3/c1-2-19-43(20-3-1)67-61-30-14-9-25-52(61)54-37-34-45(40-63(54)67)66(46-35-38-55-53-26-10-15-31-62(53)68(64(55)41-46)60-32-16-18-42-17-4-5-21-47(42)60)44-33-36-51-50-24-8-13-29-58(50)65(59(51)39-44)56-27-11-6-22-48(56)49-23-7-12-28-57(49)65/h1-41H. The van der Waals surface area contributed by atoms with Crippen LogP contribution in [0.5, 0.6) is 0 Å². The van der Waals surface area contributed by atoms with Crippen molar-refractivity contribution in [2.45, 2.75) is 5.41 Å². The highest BCUT2D eigenvalue weighted by Crippen LogP contribution is 2.63. The van der Waals surface area contributed by atoms with Crippen LogP contribution >= 0.6 is 0 Å². The molecule has 2 aliphatic carbocycles. The van der Waals surface area contributed by atoms with E-state index in [0.29, 0.717) is 0 Å². The molecule has 0 atom stereocenters. The smallest absolute Gasteiger partial charge is 0.0726 e. The first kappa shape index (κ1) is 37.3. The van der Waals surface area contributed by atoms with Gasteiger partial charge in [-0.05, 0) is 117 Å². The molecule has 0 saturated carbocycles. The monoisotopic (exact) mass is 863 g/mol. The normalized spacial score (nSPS) is 13.1. The summed E-state index contributed by atoms with van der Waals surface area (Å²) in [5.41, 5.74) is 20.3. The molecule has 0 N–H and O–H groups in total. The molecule has 11 aromatic carbocycles. The Morgan fingerprint density at radius 1 is 0.279 bits per heavy atom. The second-order valence-electron chi connectivity index (χ2n) is 18.4. The molecule has 0 bridgehead atoms. The lowest BCUT2D eigenvalue weighted by Crippen LogP contribution is -2.26. The Morgan fingerprint density at radius 2 is 0.721 bits per heavy atom. The molecule has 0 fully saturated rings. The van der Waals surface area contributed by atoms with Crippen molar-refractivity contribution in [3.63, 3.8) is 0 Å². The van der Waals surface area contributed by atoms with Gasteiger partial charge in [0, 0.05) is 49.7 Å². The van der Waals surface area contributed by atoms with Gasteiger partial charge in [-0.1, -0.05) is 182 Å². The van der Waals surface area contributed by atoms with Crippen LogP contribution in [0.15, 0.2) is 249 Å². The number of rotatable bonds is 5. The summed E-state index contributed by atoms with van der Waals surface area (Å²) in [6.45, 7) is 0. The van der Waals surface area contributed by atoms with Gasteiger partial charge in [-0.25, -0.2) is 0 Å². The van der Waals surface area contributed by atoms with Crippen LogP contribution in [0.3, 0.4) is 0 Å². The molecule has 2 heterocycles. The van der Waals surface area contributed by atoms with E-state index in [1.807, 2.05) is 0 Å². The molecule has 0 saturated heterocycles. The van der Waals surface area contributed by atoms with E-state index in [9.17, 15) is 0 Å². The van der Waals surface area contributed by atoms with Gasteiger partial charge in [0.15, 0.2) is 0 Å². The summed E-state index contributed by atoms with van der Waals surface area (Å²) < 4.78 is 4.90. The Balaban J connectivity index is 1.04. The van der Waals surface area contributed by atoms with E-state index in [2.05, 4.69) is 263 Å². The quantitative estimate of drug-likeness (QED) is 0.168. The highest BCUT2D eigenvalue weighted by atomic mass is 15.1. The van der Waals surface area contributed by atoms with Gasteiger partial charge in [0.05, 0.1) is 33.2 Å². The summed E-state index contributed by atoms with van der Waals surface area (Å²) in [6, 6.07) is 92.5. The van der Waals surface area contributed by atoms with Gasteiger partial charge in [0.2, 0.25) is 0 Å². The zero-order valence-electron chi connectivity index (χ0n) is 37.0. The van der Waals surface area contributed by atoms with E-state index in [-0.39, 0.29) is 0 Å². The molecule has 3 nitrogen and oxygen atoms in total. The summed E-state index contributed by atoms with van der Waals surface area (Å²) in [6.07, 6.45) is 0. The van der Waals surface area contributed by atoms with Crippen molar-refractivity contribution in [1.29, 1.82) is 0 Å². The van der Waals surface area contributed by atoms with E-state index in [1.165, 1.54) is 93.5 Å². The fourth-order valence-corrected chi connectivity index (χ4v) is 12.4. The van der Waals surface area contributed by atoms with Crippen LogP contribution in [0, 0.1) is 0 Å². The molecule has 15 rings (SSSR count). The van der Waals surface area contributed by atoms with Crippen molar-refractivity contribution in [2.24, 2.45) is 0 Å². The second-order valence-corrected chi connectivity index (χ2v) is 18.4. The molecular weight excluding hydrogens is 823 g/mol. The lowest BCUT2D eigenvalue weighted by molar-refractivity contribution is 0.793. The van der Waals surface area contributed by atoms with E-state index in [4.69, 9.17) is 0 Å². The fourth-order valence-electron chi connectivity index (χ4n) is 12.4. The summed E-state index contributed by atoms with van der Waals surface area (Å²) in [5.74, 6) is 0. The second kappa shape index (κ2) is 14.0. The third kappa shape index (κ3) is 4.97. The topological polar surface area (TPSA) is 13.1 Å². The van der Waals surface area contributed by atoms with Gasteiger partial charge in [-0.3, -0.25) is 0 Å². The Morgan fingerprint density at radius 3 is 1.35 bits per heavy atom. The zero-order chi connectivity index (χ0) is 44.5. The van der Waals surface area contributed by atoms with E-state index in [1.54, 1.807) is 0 Å². The molecule has 2 aliphatic rings. The Hall–Kier alpha value is -8.92. The summed E-state index contributed by atoms with van der Waals surface area (Å²) >= 11 is 0. The highest BCUT2D eigenvalue weighted by molar-refractivity contribution is 6.13. The highest BCUT2D eigenvalue weighted by Gasteiger charge is 2.51. The molecule has 0 aliphatic heterocycles. The SMILES string of the molecule is c1ccc(-n2c3ccccc3c3ccc(N(c4ccc5c(c4)C4(c6ccccc6-c6ccccc64)c4ccccc4-5)c4ccc5c6ccccc6n(-c6cccc7ccccc67)c5c4)cc32)cc1. The van der Waals surface area contributed by atoms with Crippen LogP contribution in [0.25, 0.3) is 88.0 Å². The number of hydrogen-bond acceptors (Lipinski definition) is 1. The number of anilines is 3. The molecule has 13 aromatic rings. The summed E-state index contributed by atoms with van der Waals surface area (Å²) in [5, 5.41) is 7.36. The van der Waals surface area contributed by atoms with Crippen LogP contribution in [0.2, 0.25) is 0 Å². The Bertz CT molecular complexity index is 4160. The van der Waals surface area contributed by atoms with Gasteiger partial charge in [-0.15, -0.1) is 0 Å². The first-order valence-electron chi connectivity index (χ1n) is 23.6. The fraction of sp³-hybridized carbons (Fsp3) is 0.0154. The minimum atomic E-state index is -0.477. The van der Waals surface area contributed by atoms with Gasteiger partial charge < -0.3 is 14.0 Å². The average Bonchev–Trinajstić information content (AvgIpc) is 4.10. The van der Waals surface area contributed by atoms with Crippen molar-refractivity contribution in [3.05, 3.63) is 271 Å². The number of aromatic nitrogens is 2. The molecule has 0 radical (unpaired) electrons. The predicted molar refractivity (Wildman–Crippen MR) is 284 cm³/mol. The van der Waals surface area contributed by atoms with Crippen LogP contribution in [0.4, 0.5) is 17.1 Å². The van der Waals surface area contributed by atoms with Crippen molar-refractivity contribution < 1.29 is 0 Å². The minimum Gasteiger partial charge on any atom is -0.310 e. The maximum absolute atomic E-state index is 2.51. The van der Waals surface area contributed by atoms with Crippen molar-refractivity contribution in [1.82, 2.24) is 9.13 Å². The molecular formula is C65H41N3. The number of para-hydroxylation sites is 3. The van der Waals surface area contributed by atoms with Crippen LogP contribution < -0.4 is 4.90 Å². The first-order chi connectivity index (χ1) is 33.8. The molecule has 0 unspecified atom stereocenters. The van der Waals surface area contributed by atoms with Crippen LogP contribution in [0.1, 0.15) is 22.3 Å². The van der Waals surface area contributed by atoms with Crippen molar-refractivity contribution in [3.8, 4) is 33.6 Å². The van der Waals surface area contributed by atoms with Crippen molar-refractivity contribution in [2.75, 3.05) is 4.90 Å². The van der Waals surface area contributed by atoms with Crippen molar-refractivity contribution >= 4 is 71.4 Å². The third-order valence-corrected chi connectivity index (χ3v) is 15.1. The predicted octanol–water partition coefficient (Wildman–Crippen LogP) is 16.8. The number of fused-ring (bicyclic) bond motifs is 17. The molecule has 3 heteroatoms. The minimum absolute atomic E-state index is 0.477. The van der Waals surface area contributed by atoms with Gasteiger partial charge >= 0.3 is 0 Å². The van der Waals surface area contributed by atoms with Crippen LogP contribution in [-0.2, 0) is 5.41 Å². The average molecular weight is 864 g/mol. The maximum Gasteiger partial charge on any atom is 0.0726 e. The Kier molecular flexibility index (Phi) is 7.71. The lowest BCUT2D eigenvalue weighted by atomic mass is 9.70. The largest absolute Gasteiger partial charge is 0.310 e. The van der Waals surface area contributed by atoms with E-state index >= 15 is 0 Å². The Labute approximate surface area is 393 Å². The van der Waals surface area contributed by atoms with Crippen LogP contribution in [-0.4, -0.2) is 9.13 Å².